The van der Waals surface area contributed by atoms with E-state index in [2.05, 4.69) is 25.8 Å². The number of alkyl halides is 3. The normalized spacial score (nSPS) is 11.5. The summed E-state index contributed by atoms with van der Waals surface area (Å²) < 4.78 is 41.3. The Bertz CT molecular complexity index is 375. The van der Waals surface area contributed by atoms with Crippen LogP contribution in [0.5, 0.6) is 0 Å². The Morgan fingerprint density at radius 3 is 2.67 bits per heavy atom. The molecule has 0 bridgehead atoms. The van der Waals surface area contributed by atoms with E-state index in [0.717, 1.165) is 0 Å². The predicted octanol–water partition coefficient (Wildman–Crippen LogP) is 2.37. The van der Waals surface area contributed by atoms with Gasteiger partial charge in [0.05, 0.1) is 6.61 Å². The largest absolute Gasteiger partial charge is 0.461 e. The Labute approximate surface area is 90.9 Å². The van der Waals surface area contributed by atoms with Crippen molar-refractivity contribution in [2.24, 2.45) is 0 Å². The molecule has 1 rings (SSSR count). The van der Waals surface area contributed by atoms with Crippen molar-refractivity contribution in [3.8, 4) is 0 Å². The van der Waals surface area contributed by atoms with Crippen LogP contribution >= 0.6 is 15.9 Å². The predicted molar refractivity (Wildman–Crippen MR) is 47.2 cm³/mol. The van der Waals surface area contributed by atoms with E-state index in [-0.39, 0.29) is 6.61 Å². The molecule has 0 saturated heterocycles. The second kappa shape index (κ2) is 4.21. The summed E-state index contributed by atoms with van der Waals surface area (Å²) in [5.41, 5.74) is -1.85. The van der Waals surface area contributed by atoms with Crippen LogP contribution in [-0.2, 0) is 10.9 Å². The number of nitrogens with zero attached hydrogens (tertiary/aromatic N) is 1. The third-order valence-corrected chi connectivity index (χ3v) is 2.06. The van der Waals surface area contributed by atoms with Gasteiger partial charge in [0, 0.05) is 0 Å². The summed E-state index contributed by atoms with van der Waals surface area (Å²) >= 11 is 2.60. The van der Waals surface area contributed by atoms with Gasteiger partial charge in [-0.3, -0.25) is 5.10 Å². The second-order valence-corrected chi connectivity index (χ2v) is 3.23. The maximum Gasteiger partial charge on any atom is 0.421 e. The first-order chi connectivity index (χ1) is 6.88. The minimum atomic E-state index is -4.66. The summed E-state index contributed by atoms with van der Waals surface area (Å²) in [5.74, 6) is -1.08. The first-order valence-electron chi connectivity index (χ1n) is 3.86. The molecule has 0 amide bonds. The first kappa shape index (κ1) is 12.0. The van der Waals surface area contributed by atoms with Gasteiger partial charge in [-0.25, -0.2) is 4.79 Å². The molecule has 0 aromatic carbocycles. The molecule has 84 valence electrons. The molecule has 1 aromatic rings. The van der Waals surface area contributed by atoms with Crippen LogP contribution in [0.3, 0.4) is 0 Å². The van der Waals surface area contributed by atoms with Gasteiger partial charge in [0.1, 0.15) is 10.2 Å². The monoisotopic (exact) mass is 286 g/mol. The molecule has 0 spiro atoms. The Kier molecular flexibility index (Phi) is 3.38. The van der Waals surface area contributed by atoms with Gasteiger partial charge in [0.2, 0.25) is 0 Å². The van der Waals surface area contributed by atoms with Gasteiger partial charge in [-0.1, -0.05) is 0 Å². The number of H-pyrrole nitrogens is 1. The molecule has 15 heavy (non-hydrogen) atoms. The molecular weight excluding hydrogens is 281 g/mol. The topological polar surface area (TPSA) is 55.0 Å². The summed E-state index contributed by atoms with van der Waals surface area (Å²) in [7, 11) is 0. The number of hydrogen-bond donors (Lipinski definition) is 1. The summed E-state index contributed by atoms with van der Waals surface area (Å²) in [5, 5.41) is 5.23. The summed E-state index contributed by atoms with van der Waals surface area (Å²) in [6, 6.07) is 0. The van der Waals surface area contributed by atoms with Gasteiger partial charge in [0.15, 0.2) is 5.69 Å². The molecule has 0 aliphatic rings. The van der Waals surface area contributed by atoms with Crippen molar-refractivity contribution in [3.05, 3.63) is 15.9 Å². The smallest absolute Gasteiger partial charge is 0.421 e. The van der Waals surface area contributed by atoms with Crippen LogP contribution in [0.1, 0.15) is 23.0 Å². The van der Waals surface area contributed by atoms with Crippen LogP contribution < -0.4 is 0 Å². The van der Waals surface area contributed by atoms with Crippen LogP contribution in [0.2, 0.25) is 0 Å². The summed E-state index contributed by atoms with van der Waals surface area (Å²) in [6.45, 7) is 1.49. The van der Waals surface area contributed by atoms with E-state index in [4.69, 9.17) is 0 Å². The average Bonchev–Trinajstić information content (AvgIpc) is 2.46. The van der Waals surface area contributed by atoms with Crippen LogP contribution in [0.15, 0.2) is 4.60 Å². The molecule has 0 fully saturated rings. The number of ether oxygens (including phenoxy) is 1. The third kappa shape index (κ3) is 2.49. The number of hydrogen-bond acceptors (Lipinski definition) is 3. The highest BCUT2D eigenvalue weighted by Gasteiger charge is 2.40. The van der Waals surface area contributed by atoms with E-state index < -0.39 is 28.0 Å². The van der Waals surface area contributed by atoms with Crippen molar-refractivity contribution in [2.75, 3.05) is 6.61 Å². The fourth-order valence-corrected chi connectivity index (χ4v) is 1.44. The SMILES string of the molecule is CCOC(=O)c1[nH]nc(Br)c1C(F)(F)F. The highest BCUT2D eigenvalue weighted by Crippen LogP contribution is 2.36. The van der Waals surface area contributed by atoms with Crippen LogP contribution in [0, 0.1) is 0 Å². The lowest BCUT2D eigenvalue weighted by atomic mass is 10.2. The molecule has 0 saturated carbocycles. The Morgan fingerprint density at radius 2 is 2.20 bits per heavy atom. The molecule has 8 heteroatoms. The molecule has 4 nitrogen and oxygen atoms in total. The number of halogens is 4. The maximum atomic E-state index is 12.4. The average molecular weight is 287 g/mol. The van der Waals surface area contributed by atoms with E-state index in [1.807, 2.05) is 5.10 Å². The number of nitrogens with one attached hydrogen (secondary N) is 1. The zero-order valence-corrected chi connectivity index (χ0v) is 9.07. The second-order valence-electron chi connectivity index (χ2n) is 2.48. The molecular formula is C7H6BrF3N2O2. The minimum Gasteiger partial charge on any atom is -0.461 e. The van der Waals surface area contributed by atoms with Crippen molar-refractivity contribution >= 4 is 21.9 Å². The number of aromatic amines is 1. The molecule has 0 atom stereocenters. The Morgan fingerprint density at radius 1 is 1.60 bits per heavy atom. The zero-order valence-electron chi connectivity index (χ0n) is 7.48. The maximum absolute atomic E-state index is 12.4. The van der Waals surface area contributed by atoms with Crippen molar-refractivity contribution in [3.63, 3.8) is 0 Å². The fourth-order valence-electron chi connectivity index (χ4n) is 0.930. The van der Waals surface area contributed by atoms with Crippen molar-refractivity contribution < 1.29 is 22.7 Å². The third-order valence-electron chi connectivity index (χ3n) is 1.49. The zero-order chi connectivity index (χ0) is 11.6. The van der Waals surface area contributed by atoms with E-state index >= 15 is 0 Å². The molecule has 1 aromatic heterocycles. The fraction of sp³-hybridized carbons (Fsp3) is 0.429. The van der Waals surface area contributed by atoms with Gasteiger partial charge in [-0.05, 0) is 22.9 Å². The minimum absolute atomic E-state index is 0.00717. The van der Waals surface area contributed by atoms with Crippen molar-refractivity contribution in [1.82, 2.24) is 10.2 Å². The van der Waals surface area contributed by atoms with E-state index in [1.165, 1.54) is 6.92 Å². The van der Waals surface area contributed by atoms with Crippen LogP contribution in [-0.4, -0.2) is 22.8 Å². The first-order valence-corrected chi connectivity index (χ1v) is 4.65. The summed E-state index contributed by atoms with van der Waals surface area (Å²) in [4.78, 5) is 11.1. The lowest BCUT2D eigenvalue weighted by Crippen LogP contribution is -2.14. The standard InChI is InChI=1S/C7H6BrF3N2O2/c1-2-15-6(14)4-3(7(9,10)11)5(8)13-12-4/h2H2,1H3,(H,12,13). The van der Waals surface area contributed by atoms with E-state index in [9.17, 15) is 18.0 Å². The van der Waals surface area contributed by atoms with Gasteiger partial charge in [-0.2, -0.15) is 18.3 Å². The van der Waals surface area contributed by atoms with Crippen molar-refractivity contribution in [2.45, 2.75) is 13.1 Å². The van der Waals surface area contributed by atoms with Crippen LogP contribution in [0.4, 0.5) is 13.2 Å². The number of aromatic nitrogens is 2. The lowest BCUT2D eigenvalue weighted by molar-refractivity contribution is -0.138. The van der Waals surface area contributed by atoms with Gasteiger partial charge >= 0.3 is 12.1 Å². The quantitative estimate of drug-likeness (QED) is 0.849. The van der Waals surface area contributed by atoms with E-state index in [0.29, 0.717) is 0 Å². The number of carbonyl (C=O) groups excluding carboxylic acids is 1. The molecule has 0 aliphatic heterocycles. The number of esters is 1. The van der Waals surface area contributed by atoms with Gasteiger partial charge in [0.25, 0.3) is 0 Å². The molecule has 0 radical (unpaired) electrons. The molecule has 0 unspecified atom stereocenters. The van der Waals surface area contributed by atoms with Gasteiger partial charge < -0.3 is 4.74 Å². The Hall–Kier alpha value is -1.05. The molecule has 1 N–H and O–H groups in total. The van der Waals surface area contributed by atoms with Gasteiger partial charge in [-0.15, -0.1) is 0 Å². The van der Waals surface area contributed by atoms with Crippen molar-refractivity contribution in [1.29, 1.82) is 0 Å². The highest BCUT2D eigenvalue weighted by atomic mass is 79.9. The number of carbonyl (C=O) groups is 1. The highest BCUT2D eigenvalue weighted by molar-refractivity contribution is 9.10. The molecule has 0 aliphatic carbocycles. The van der Waals surface area contributed by atoms with E-state index in [1.54, 1.807) is 0 Å². The summed E-state index contributed by atoms with van der Waals surface area (Å²) in [6.07, 6.45) is -4.66. The lowest BCUT2D eigenvalue weighted by Gasteiger charge is -2.06. The number of rotatable bonds is 2. The van der Waals surface area contributed by atoms with Crippen LogP contribution in [0.25, 0.3) is 0 Å². The Balaban J connectivity index is 3.15. The molecule has 1 heterocycles.